The Kier molecular flexibility index (Phi) is 5.63. The highest BCUT2D eigenvalue weighted by Crippen LogP contribution is 2.31. The first kappa shape index (κ1) is 16.1. The van der Waals surface area contributed by atoms with Crippen LogP contribution in [0, 0.1) is 10.1 Å². The van der Waals surface area contributed by atoms with Gasteiger partial charge in [0.25, 0.3) is 5.69 Å². The van der Waals surface area contributed by atoms with Crippen LogP contribution in [0.5, 0.6) is 5.75 Å². The van der Waals surface area contributed by atoms with Gasteiger partial charge in [-0.1, -0.05) is 0 Å². The van der Waals surface area contributed by atoms with E-state index in [2.05, 4.69) is 4.74 Å². The third-order valence-electron chi connectivity index (χ3n) is 2.22. The number of ether oxygens (including phenoxy) is 2. The van der Waals surface area contributed by atoms with Gasteiger partial charge in [0.1, 0.15) is 11.3 Å². The molecular weight excluding hydrogens is 300 g/mol. The van der Waals surface area contributed by atoms with Crippen molar-refractivity contribution in [1.29, 1.82) is 0 Å². The lowest BCUT2D eigenvalue weighted by Crippen LogP contribution is -2.13. The van der Waals surface area contributed by atoms with Crippen LogP contribution in [-0.2, 0) is 10.6 Å². The van der Waals surface area contributed by atoms with E-state index in [-0.39, 0.29) is 23.6 Å². The van der Waals surface area contributed by atoms with Crippen molar-refractivity contribution in [2.75, 3.05) is 6.61 Å². The van der Waals surface area contributed by atoms with Gasteiger partial charge in [-0.3, -0.25) is 10.1 Å². The van der Waals surface area contributed by atoms with E-state index in [1.807, 2.05) is 0 Å². The Hall–Kier alpha value is -1.96. The van der Waals surface area contributed by atoms with Crippen molar-refractivity contribution in [3.05, 3.63) is 33.4 Å². The van der Waals surface area contributed by atoms with Gasteiger partial charge in [-0.2, -0.15) is 8.78 Å². The van der Waals surface area contributed by atoms with Crippen molar-refractivity contribution in [2.45, 2.75) is 19.4 Å². The van der Waals surface area contributed by atoms with Crippen LogP contribution >= 0.6 is 11.6 Å². The first-order chi connectivity index (χ1) is 9.40. The standard InChI is InChI=1S/C11H10ClF2NO5/c1-2-19-10(16)9-6(5-12)3-7(15(17)18)4-8(9)20-11(13)14/h3-4,11H,2,5H2,1H3. The van der Waals surface area contributed by atoms with E-state index in [4.69, 9.17) is 16.3 Å². The molecule has 1 rings (SSSR count). The van der Waals surface area contributed by atoms with Crippen LogP contribution in [0.25, 0.3) is 0 Å². The number of benzene rings is 1. The first-order valence-corrected chi connectivity index (χ1v) is 5.93. The summed E-state index contributed by atoms with van der Waals surface area (Å²) in [6.07, 6.45) is 0. The minimum Gasteiger partial charge on any atom is -0.462 e. The number of non-ortho nitro benzene ring substituents is 1. The Morgan fingerprint density at radius 2 is 2.15 bits per heavy atom. The van der Waals surface area contributed by atoms with Crippen molar-refractivity contribution in [3.63, 3.8) is 0 Å². The number of carbonyl (C=O) groups is 1. The third kappa shape index (κ3) is 3.77. The van der Waals surface area contributed by atoms with Gasteiger partial charge in [0.05, 0.1) is 17.6 Å². The number of nitrogens with zero attached hydrogens (tertiary/aromatic N) is 1. The second-order valence-corrected chi connectivity index (χ2v) is 3.74. The van der Waals surface area contributed by atoms with E-state index in [1.165, 1.54) is 6.92 Å². The molecule has 0 aliphatic carbocycles. The predicted octanol–water partition coefficient (Wildman–Crippen LogP) is 3.11. The van der Waals surface area contributed by atoms with E-state index in [1.54, 1.807) is 0 Å². The summed E-state index contributed by atoms with van der Waals surface area (Å²) in [5.41, 5.74) is -0.868. The van der Waals surface area contributed by atoms with E-state index < -0.39 is 28.9 Å². The molecule has 0 saturated carbocycles. The van der Waals surface area contributed by atoms with Crippen LogP contribution in [0.2, 0.25) is 0 Å². The van der Waals surface area contributed by atoms with Gasteiger partial charge in [-0.25, -0.2) is 4.79 Å². The Morgan fingerprint density at radius 3 is 2.60 bits per heavy atom. The van der Waals surface area contributed by atoms with E-state index in [0.29, 0.717) is 0 Å². The molecule has 110 valence electrons. The Balaban J connectivity index is 3.43. The van der Waals surface area contributed by atoms with Gasteiger partial charge < -0.3 is 9.47 Å². The molecule has 20 heavy (non-hydrogen) atoms. The van der Waals surface area contributed by atoms with Crippen LogP contribution in [-0.4, -0.2) is 24.1 Å². The van der Waals surface area contributed by atoms with Gasteiger partial charge in [-0.05, 0) is 12.5 Å². The summed E-state index contributed by atoms with van der Waals surface area (Å²) in [4.78, 5) is 21.6. The quantitative estimate of drug-likeness (QED) is 0.349. The number of halogens is 3. The summed E-state index contributed by atoms with van der Waals surface area (Å²) in [6.45, 7) is -1.71. The molecule has 0 aliphatic heterocycles. The first-order valence-electron chi connectivity index (χ1n) is 5.39. The second-order valence-electron chi connectivity index (χ2n) is 3.47. The topological polar surface area (TPSA) is 78.7 Å². The summed E-state index contributed by atoms with van der Waals surface area (Å²) < 4.78 is 33.5. The Morgan fingerprint density at radius 1 is 1.50 bits per heavy atom. The maximum atomic E-state index is 12.3. The molecule has 1 aromatic rings. The highest BCUT2D eigenvalue weighted by molar-refractivity contribution is 6.17. The minimum atomic E-state index is -3.24. The zero-order chi connectivity index (χ0) is 15.3. The van der Waals surface area contributed by atoms with Gasteiger partial charge >= 0.3 is 12.6 Å². The largest absolute Gasteiger partial charge is 0.462 e. The van der Waals surface area contributed by atoms with Crippen LogP contribution in [0.15, 0.2) is 12.1 Å². The molecule has 0 radical (unpaired) electrons. The number of hydrogen-bond acceptors (Lipinski definition) is 5. The molecule has 0 aliphatic rings. The highest BCUT2D eigenvalue weighted by atomic mass is 35.5. The third-order valence-corrected chi connectivity index (χ3v) is 2.51. The van der Waals surface area contributed by atoms with Crippen LogP contribution < -0.4 is 4.74 Å². The number of nitro groups is 1. The van der Waals surface area contributed by atoms with Crippen LogP contribution in [0.3, 0.4) is 0 Å². The number of rotatable bonds is 6. The van der Waals surface area contributed by atoms with Crippen molar-refractivity contribution >= 4 is 23.3 Å². The van der Waals surface area contributed by atoms with Gasteiger partial charge in [-0.15, -0.1) is 11.6 Å². The molecule has 0 atom stereocenters. The summed E-state index contributed by atoms with van der Waals surface area (Å²) >= 11 is 5.59. The Labute approximate surface area is 117 Å². The molecule has 0 aromatic heterocycles. The fourth-order valence-corrected chi connectivity index (χ4v) is 1.70. The fraction of sp³-hybridized carbons (Fsp3) is 0.364. The number of alkyl halides is 3. The molecule has 0 heterocycles. The smallest absolute Gasteiger partial charge is 0.387 e. The van der Waals surface area contributed by atoms with Gasteiger partial charge in [0.15, 0.2) is 0 Å². The summed E-state index contributed by atoms with van der Waals surface area (Å²) in [6, 6.07) is 1.74. The molecule has 0 unspecified atom stereocenters. The number of carbonyl (C=O) groups excluding carboxylic acids is 1. The summed E-state index contributed by atoms with van der Waals surface area (Å²) in [5, 5.41) is 10.7. The van der Waals surface area contributed by atoms with Crippen LogP contribution in [0.4, 0.5) is 14.5 Å². The van der Waals surface area contributed by atoms with Crippen molar-refractivity contribution in [3.8, 4) is 5.75 Å². The monoisotopic (exact) mass is 309 g/mol. The molecule has 0 saturated heterocycles. The maximum absolute atomic E-state index is 12.3. The second kappa shape index (κ2) is 6.99. The van der Waals surface area contributed by atoms with E-state index >= 15 is 0 Å². The lowest BCUT2D eigenvalue weighted by Gasteiger charge is -2.13. The minimum absolute atomic E-state index is 0.00562. The summed E-state index contributed by atoms with van der Waals surface area (Å²) in [5.74, 6) is -1.87. The van der Waals surface area contributed by atoms with Gasteiger partial charge in [0.2, 0.25) is 0 Å². The SMILES string of the molecule is CCOC(=O)c1c(CCl)cc([N+](=O)[O-])cc1OC(F)F. The number of nitro benzene ring substituents is 1. The summed E-state index contributed by atoms with van der Waals surface area (Å²) in [7, 11) is 0. The van der Waals surface area contributed by atoms with Crippen LogP contribution in [0.1, 0.15) is 22.8 Å². The van der Waals surface area contributed by atoms with Crippen molar-refractivity contribution in [2.24, 2.45) is 0 Å². The average molecular weight is 310 g/mol. The molecule has 0 N–H and O–H groups in total. The normalized spacial score (nSPS) is 10.4. The Bertz CT molecular complexity index is 524. The lowest BCUT2D eigenvalue weighted by molar-refractivity contribution is -0.385. The van der Waals surface area contributed by atoms with E-state index in [0.717, 1.165) is 12.1 Å². The zero-order valence-electron chi connectivity index (χ0n) is 10.3. The van der Waals surface area contributed by atoms with Crippen molar-refractivity contribution in [1.82, 2.24) is 0 Å². The molecule has 0 spiro atoms. The highest BCUT2D eigenvalue weighted by Gasteiger charge is 2.25. The molecule has 6 nitrogen and oxygen atoms in total. The van der Waals surface area contributed by atoms with Gasteiger partial charge in [0, 0.05) is 11.9 Å². The average Bonchev–Trinajstić information content (AvgIpc) is 2.36. The predicted molar refractivity (Wildman–Crippen MR) is 65.2 cm³/mol. The van der Waals surface area contributed by atoms with E-state index in [9.17, 15) is 23.7 Å². The molecular formula is C11H10ClF2NO5. The molecule has 0 fully saturated rings. The van der Waals surface area contributed by atoms with Crippen molar-refractivity contribution < 1.29 is 28.0 Å². The number of esters is 1. The molecule has 0 amide bonds. The molecule has 0 bridgehead atoms. The lowest BCUT2D eigenvalue weighted by atomic mass is 10.1. The maximum Gasteiger partial charge on any atom is 0.387 e. The molecule has 9 heteroatoms. The fourth-order valence-electron chi connectivity index (χ4n) is 1.49. The molecule has 1 aromatic carbocycles. The number of hydrogen-bond donors (Lipinski definition) is 0. The zero-order valence-corrected chi connectivity index (χ0v) is 11.0.